The van der Waals surface area contributed by atoms with Gasteiger partial charge in [-0.1, -0.05) is 11.6 Å². The summed E-state index contributed by atoms with van der Waals surface area (Å²) in [5.41, 5.74) is 0. The van der Waals surface area contributed by atoms with Gasteiger partial charge in [0.1, 0.15) is 5.15 Å². The Morgan fingerprint density at radius 2 is 2.22 bits per heavy atom. The molecule has 0 aliphatic carbocycles. The SMILES string of the molecule is O=C1CN(S(=O)(=O)c2ccnc(Cl)c2)CCCN1. The lowest BCUT2D eigenvalue weighted by atomic mass is 10.4. The molecule has 1 aliphatic rings. The predicted molar refractivity (Wildman–Crippen MR) is 65.6 cm³/mol. The van der Waals surface area contributed by atoms with Crippen LogP contribution in [0.3, 0.4) is 0 Å². The zero-order chi connectivity index (χ0) is 13.2. The first-order valence-corrected chi connectivity index (χ1v) is 7.20. The average Bonchev–Trinajstić information content (AvgIpc) is 2.54. The summed E-state index contributed by atoms with van der Waals surface area (Å²) in [6.07, 6.45) is 1.91. The van der Waals surface area contributed by atoms with Crippen LogP contribution in [0.1, 0.15) is 6.42 Å². The van der Waals surface area contributed by atoms with Gasteiger partial charge in [0, 0.05) is 19.3 Å². The van der Waals surface area contributed by atoms with Crippen LogP contribution < -0.4 is 5.32 Å². The fourth-order valence-corrected chi connectivity index (χ4v) is 3.36. The lowest BCUT2D eigenvalue weighted by Gasteiger charge is -2.18. The monoisotopic (exact) mass is 289 g/mol. The van der Waals surface area contributed by atoms with Crippen molar-refractivity contribution >= 4 is 27.5 Å². The van der Waals surface area contributed by atoms with E-state index in [1.165, 1.54) is 18.3 Å². The van der Waals surface area contributed by atoms with Crippen molar-refractivity contribution in [3.05, 3.63) is 23.5 Å². The predicted octanol–water partition coefficient (Wildman–Crippen LogP) is 0.246. The zero-order valence-electron chi connectivity index (χ0n) is 9.47. The highest BCUT2D eigenvalue weighted by Gasteiger charge is 2.28. The van der Waals surface area contributed by atoms with Crippen molar-refractivity contribution in [3.8, 4) is 0 Å². The number of amides is 1. The van der Waals surface area contributed by atoms with Crippen molar-refractivity contribution in [3.63, 3.8) is 0 Å². The molecule has 0 bridgehead atoms. The van der Waals surface area contributed by atoms with E-state index in [1.807, 2.05) is 0 Å². The standard InChI is InChI=1S/C10H12ClN3O3S/c11-9-6-8(2-4-12-9)18(16,17)14-5-1-3-13-10(15)7-14/h2,4,6H,1,3,5,7H2,(H,13,15). The van der Waals surface area contributed by atoms with Crippen molar-refractivity contribution in [2.24, 2.45) is 0 Å². The molecular weight excluding hydrogens is 278 g/mol. The largest absolute Gasteiger partial charge is 0.355 e. The molecule has 1 amide bonds. The van der Waals surface area contributed by atoms with Gasteiger partial charge in [0.2, 0.25) is 15.9 Å². The van der Waals surface area contributed by atoms with Gasteiger partial charge in [-0.2, -0.15) is 4.31 Å². The molecule has 2 rings (SSSR count). The highest BCUT2D eigenvalue weighted by atomic mass is 35.5. The molecule has 6 nitrogen and oxygen atoms in total. The van der Waals surface area contributed by atoms with Crippen LogP contribution in [-0.2, 0) is 14.8 Å². The summed E-state index contributed by atoms with van der Waals surface area (Å²) in [5.74, 6) is -0.295. The van der Waals surface area contributed by atoms with Crippen molar-refractivity contribution in [2.45, 2.75) is 11.3 Å². The van der Waals surface area contributed by atoms with Gasteiger partial charge in [-0.05, 0) is 18.6 Å². The fourth-order valence-electron chi connectivity index (χ4n) is 1.68. The quantitative estimate of drug-likeness (QED) is 0.791. The highest BCUT2D eigenvalue weighted by Crippen LogP contribution is 2.18. The first-order valence-electron chi connectivity index (χ1n) is 5.38. The molecule has 2 heterocycles. The Morgan fingerprint density at radius 3 is 2.94 bits per heavy atom. The normalized spacial score (nSPS) is 18.2. The van der Waals surface area contributed by atoms with Gasteiger partial charge < -0.3 is 5.32 Å². The fraction of sp³-hybridized carbons (Fsp3) is 0.400. The van der Waals surface area contributed by atoms with Crippen LogP contribution in [0.25, 0.3) is 0 Å². The van der Waals surface area contributed by atoms with Crippen LogP contribution >= 0.6 is 11.6 Å². The Hall–Kier alpha value is -1.18. The summed E-state index contributed by atoms with van der Waals surface area (Å²) >= 11 is 5.68. The number of nitrogens with zero attached hydrogens (tertiary/aromatic N) is 2. The summed E-state index contributed by atoms with van der Waals surface area (Å²) in [5, 5.41) is 2.73. The number of sulfonamides is 1. The molecule has 8 heteroatoms. The number of rotatable bonds is 2. The zero-order valence-corrected chi connectivity index (χ0v) is 11.0. The molecule has 1 N–H and O–H groups in total. The van der Waals surface area contributed by atoms with Crippen molar-refractivity contribution in [2.75, 3.05) is 19.6 Å². The third kappa shape index (κ3) is 2.80. The van der Waals surface area contributed by atoms with Crippen LogP contribution in [0.4, 0.5) is 0 Å². The molecule has 1 fully saturated rings. The summed E-state index contributed by atoms with van der Waals surface area (Å²) in [6, 6.07) is 2.64. The lowest BCUT2D eigenvalue weighted by Crippen LogP contribution is -2.37. The van der Waals surface area contributed by atoms with Crippen molar-refractivity contribution in [1.29, 1.82) is 0 Å². The average molecular weight is 290 g/mol. The molecule has 0 spiro atoms. The van der Waals surface area contributed by atoms with E-state index in [0.717, 1.165) is 4.31 Å². The molecule has 1 aromatic rings. The number of hydrogen-bond donors (Lipinski definition) is 1. The molecule has 1 aromatic heterocycles. The van der Waals surface area contributed by atoms with Gasteiger partial charge >= 0.3 is 0 Å². The van der Waals surface area contributed by atoms with E-state index in [2.05, 4.69) is 10.3 Å². The summed E-state index contributed by atoms with van der Waals surface area (Å²) in [4.78, 5) is 15.2. The van der Waals surface area contributed by atoms with E-state index < -0.39 is 10.0 Å². The van der Waals surface area contributed by atoms with E-state index in [4.69, 9.17) is 11.6 Å². The first-order chi connectivity index (χ1) is 8.50. The Bertz CT molecular complexity index is 561. The molecule has 18 heavy (non-hydrogen) atoms. The molecule has 0 saturated carbocycles. The Balaban J connectivity index is 2.32. The minimum Gasteiger partial charge on any atom is -0.355 e. The Kier molecular flexibility index (Phi) is 3.84. The number of hydrogen-bond acceptors (Lipinski definition) is 4. The smallest absolute Gasteiger partial charge is 0.243 e. The van der Waals surface area contributed by atoms with Gasteiger partial charge in [-0.25, -0.2) is 13.4 Å². The number of aromatic nitrogens is 1. The summed E-state index contributed by atoms with van der Waals surface area (Å²) in [7, 11) is -3.69. The van der Waals surface area contributed by atoms with E-state index >= 15 is 0 Å². The van der Waals surface area contributed by atoms with Gasteiger partial charge in [-0.3, -0.25) is 4.79 Å². The van der Waals surface area contributed by atoms with Crippen LogP contribution in [0.2, 0.25) is 5.15 Å². The van der Waals surface area contributed by atoms with Crippen LogP contribution in [0, 0.1) is 0 Å². The van der Waals surface area contributed by atoms with Gasteiger partial charge in [0.25, 0.3) is 0 Å². The minimum atomic E-state index is -3.69. The molecule has 0 unspecified atom stereocenters. The van der Waals surface area contributed by atoms with Crippen LogP contribution in [0.5, 0.6) is 0 Å². The minimum absolute atomic E-state index is 0.0530. The van der Waals surface area contributed by atoms with Crippen LogP contribution in [-0.4, -0.2) is 43.2 Å². The summed E-state index contributed by atoms with van der Waals surface area (Å²) in [6.45, 7) is 0.630. The second kappa shape index (κ2) is 5.21. The summed E-state index contributed by atoms with van der Waals surface area (Å²) < 4.78 is 25.7. The lowest BCUT2D eigenvalue weighted by molar-refractivity contribution is -0.120. The molecule has 98 valence electrons. The first kappa shape index (κ1) is 13.3. The maximum Gasteiger partial charge on any atom is 0.243 e. The third-order valence-corrected chi connectivity index (χ3v) is 4.61. The van der Waals surface area contributed by atoms with E-state index in [-0.39, 0.29) is 22.5 Å². The number of pyridine rings is 1. The van der Waals surface area contributed by atoms with Crippen molar-refractivity contribution < 1.29 is 13.2 Å². The molecular formula is C10H12ClN3O3S. The van der Waals surface area contributed by atoms with Gasteiger partial charge in [0.05, 0.1) is 11.4 Å². The number of nitrogens with one attached hydrogen (secondary N) is 1. The van der Waals surface area contributed by atoms with Crippen LogP contribution in [0.15, 0.2) is 23.2 Å². The molecule has 1 aliphatic heterocycles. The molecule has 0 aromatic carbocycles. The third-order valence-electron chi connectivity index (χ3n) is 2.56. The van der Waals surface area contributed by atoms with E-state index in [0.29, 0.717) is 19.5 Å². The molecule has 1 saturated heterocycles. The molecule has 0 atom stereocenters. The Labute approximate surface area is 110 Å². The molecule has 0 radical (unpaired) electrons. The number of carbonyl (C=O) groups excluding carboxylic acids is 1. The van der Waals surface area contributed by atoms with E-state index in [9.17, 15) is 13.2 Å². The topological polar surface area (TPSA) is 79.4 Å². The second-order valence-corrected chi connectivity index (χ2v) is 6.18. The number of halogens is 1. The maximum atomic E-state index is 12.3. The highest BCUT2D eigenvalue weighted by molar-refractivity contribution is 7.89. The van der Waals surface area contributed by atoms with Gasteiger partial charge in [-0.15, -0.1) is 0 Å². The van der Waals surface area contributed by atoms with Gasteiger partial charge in [0.15, 0.2) is 0 Å². The van der Waals surface area contributed by atoms with Crippen molar-refractivity contribution in [1.82, 2.24) is 14.6 Å². The second-order valence-electron chi connectivity index (χ2n) is 3.86. The van der Waals surface area contributed by atoms with E-state index in [1.54, 1.807) is 0 Å². The number of carbonyl (C=O) groups is 1. The Morgan fingerprint density at radius 1 is 1.44 bits per heavy atom. The maximum absolute atomic E-state index is 12.3.